The van der Waals surface area contributed by atoms with Crippen LogP contribution in [-0.2, 0) is 16.1 Å². The van der Waals surface area contributed by atoms with E-state index in [9.17, 15) is 9.59 Å². The van der Waals surface area contributed by atoms with Gasteiger partial charge in [0.05, 0.1) is 19.8 Å². The summed E-state index contributed by atoms with van der Waals surface area (Å²) in [6, 6.07) is 6.58. The molecule has 2 aromatic rings. The van der Waals surface area contributed by atoms with Crippen LogP contribution in [0.1, 0.15) is 31.1 Å². The van der Waals surface area contributed by atoms with Gasteiger partial charge in [-0.25, -0.2) is 0 Å². The van der Waals surface area contributed by atoms with Gasteiger partial charge in [0.15, 0.2) is 17.3 Å². The summed E-state index contributed by atoms with van der Waals surface area (Å²) >= 11 is 0. The van der Waals surface area contributed by atoms with Gasteiger partial charge in [0, 0.05) is 17.8 Å². The van der Waals surface area contributed by atoms with Crippen LogP contribution in [0.15, 0.2) is 30.5 Å². The maximum absolute atomic E-state index is 12.4. The summed E-state index contributed by atoms with van der Waals surface area (Å²) in [6.07, 6.45) is 1.59. The van der Waals surface area contributed by atoms with E-state index in [0.29, 0.717) is 42.7 Å². The summed E-state index contributed by atoms with van der Waals surface area (Å²) in [5, 5.41) is 6.82. The lowest BCUT2D eigenvalue weighted by molar-refractivity contribution is -0.144. The molecule has 0 atom stereocenters. The molecular weight excluding hydrogens is 338 g/mol. The number of hydrogen-bond donors (Lipinski definition) is 1. The Morgan fingerprint density at radius 1 is 1.04 bits per heavy atom. The first-order valence-corrected chi connectivity index (χ1v) is 8.47. The maximum atomic E-state index is 12.4. The third kappa shape index (κ3) is 5.23. The van der Waals surface area contributed by atoms with E-state index in [1.807, 2.05) is 13.8 Å². The van der Waals surface area contributed by atoms with E-state index in [2.05, 4.69) is 10.4 Å². The topological polar surface area (TPSA) is 91.7 Å². The predicted octanol–water partition coefficient (Wildman–Crippen LogP) is 2.50. The molecular formula is C18H23N3O5. The summed E-state index contributed by atoms with van der Waals surface area (Å²) in [6.45, 7) is 6.74. The molecule has 0 unspecified atom stereocenters. The van der Waals surface area contributed by atoms with E-state index in [1.54, 1.807) is 37.4 Å². The van der Waals surface area contributed by atoms with E-state index in [1.165, 1.54) is 4.68 Å². The van der Waals surface area contributed by atoms with Gasteiger partial charge in [0.25, 0.3) is 5.91 Å². The standard InChI is InChI=1S/C18H23N3O5/c1-4-24-14-8-7-13(11-15(14)25-5-2)18(23)19-16-9-10-21(20-16)12-17(22)26-6-3/h7-11H,4-6,12H2,1-3H3,(H,19,20,23). The van der Waals surface area contributed by atoms with Gasteiger partial charge in [-0.15, -0.1) is 0 Å². The first-order valence-electron chi connectivity index (χ1n) is 8.47. The number of carbonyl (C=O) groups is 2. The highest BCUT2D eigenvalue weighted by Gasteiger charge is 2.13. The lowest BCUT2D eigenvalue weighted by atomic mass is 10.2. The van der Waals surface area contributed by atoms with Crippen molar-refractivity contribution in [1.82, 2.24) is 9.78 Å². The Hall–Kier alpha value is -3.03. The molecule has 0 bridgehead atoms. The van der Waals surface area contributed by atoms with Crippen LogP contribution in [0, 0.1) is 0 Å². The van der Waals surface area contributed by atoms with Crippen molar-refractivity contribution in [2.24, 2.45) is 0 Å². The van der Waals surface area contributed by atoms with Crippen LogP contribution < -0.4 is 14.8 Å². The molecule has 140 valence electrons. The highest BCUT2D eigenvalue weighted by molar-refractivity contribution is 6.04. The number of nitrogens with zero attached hydrogens (tertiary/aromatic N) is 2. The Labute approximate surface area is 152 Å². The van der Waals surface area contributed by atoms with Crippen molar-refractivity contribution < 1.29 is 23.8 Å². The molecule has 1 amide bonds. The zero-order valence-electron chi connectivity index (χ0n) is 15.2. The van der Waals surface area contributed by atoms with Crippen molar-refractivity contribution >= 4 is 17.7 Å². The fraction of sp³-hybridized carbons (Fsp3) is 0.389. The van der Waals surface area contributed by atoms with Gasteiger partial charge in [-0.1, -0.05) is 0 Å². The lowest BCUT2D eigenvalue weighted by Gasteiger charge is -2.12. The van der Waals surface area contributed by atoms with Crippen LogP contribution >= 0.6 is 0 Å². The molecule has 0 radical (unpaired) electrons. The quantitative estimate of drug-likeness (QED) is 0.690. The number of rotatable bonds is 9. The molecule has 1 heterocycles. The van der Waals surface area contributed by atoms with Gasteiger partial charge in [0.2, 0.25) is 0 Å². The summed E-state index contributed by atoms with van der Waals surface area (Å²) in [5.74, 6) is 0.710. The minimum atomic E-state index is -0.388. The van der Waals surface area contributed by atoms with Gasteiger partial charge in [-0.05, 0) is 39.0 Å². The van der Waals surface area contributed by atoms with Crippen molar-refractivity contribution in [2.45, 2.75) is 27.3 Å². The van der Waals surface area contributed by atoms with Gasteiger partial charge in [0.1, 0.15) is 6.54 Å². The molecule has 0 aliphatic rings. The highest BCUT2D eigenvalue weighted by Crippen LogP contribution is 2.28. The predicted molar refractivity (Wildman–Crippen MR) is 95.6 cm³/mol. The second-order valence-electron chi connectivity index (χ2n) is 5.19. The number of ether oxygens (including phenoxy) is 3. The number of anilines is 1. The van der Waals surface area contributed by atoms with Gasteiger partial charge >= 0.3 is 5.97 Å². The molecule has 0 saturated carbocycles. The minimum absolute atomic E-state index is 0.0126. The lowest BCUT2D eigenvalue weighted by Crippen LogP contribution is -2.15. The largest absolute Gasteiger partial charge is 0.490 e. The highest BCUT2D eigenvalue weighted by atomic mass is 16.5. The van der Waals surface area contributed by atoms with E-state index in [-0.39, 0.29) is 18.4 Å². The summed E-state index contributed by atoms with van der Waals surface area (Å²) < 4.78 is 17.3. The maximum Gasteiger partial charge on any atom is 0.327 e. The monoisotopic (exact) mass is 361 g/mol. The Balaban J connectivity index is 2.06. The molecule has 0 saturated heterocycles. The molecule has 8 heteroatoms. The van der Waals surface area contributed by atoms with Crippen LogP contribution in [0.25, 0.3) is 0 Å². The number of aromatic nitrogens is 2. The normalized spacial score (nSPS) is 10.3. The van der Waals surface area contributed by atoms with E-state index < -0.39 is 0 Å². The van der Waals surface area contributed by atoms with E-state index in [0.717, 1.165) is 0 Å². The summed E-state index contributed by atoms with van der Waals surface area (Å²) in [5.41, 5.74) is 0.414. The first kappa shape index (κ1) is 19.3. The number of carbonyl (C=O) groups excluding carboxylic acids is 2. The average molecular weight is 361 g/mol. The fourth-order valence-electron chi connectivity index (χ4n) is 2.24. The van der Waals surface area contributed by atoms with Crippen LogP contribution in [-0.4, -0.2) is 41.5 Å². The van der Waals surface area contributed by atoms with Crippen molar-refractivity contribution in [3.8, 4) is 11.5 Å². The van der Waals surface area contributed by atoms with Crippen molar-refractivity contribution in [2.75, 3.05) is 25.1 Å². The molecule has 0 fully saturated rings. The zero-order valence-corrected chi connectivity index (χ0v) is 15.2. The number of hydrogen-bond acceptors (Lipinski definition) is 6. The van der Waals surface area contributed by atoms with Gasteiger partial charge in [-0.2, -0.15) is 5.10 Å². The van der Waals surface area contributed by atoms with E-state index in [4.69, 9.17) is 14.2 Å². The Morgan fingerprint density at radius 2 is 1.77 bits per heavy atom. The fourth-order valence-corrected chi connectivity index (χ4v) is 2.24. The number of amides is 1. The molecule has 26 heavy (non-hydrogen) atoms. The van der Waals surface area contributed by atoms with Crippen molar-refractivity contribution in [3.63, 3.8) is 0 Å². The molecule has 1 aromatic carbocycles. The average Bonchev–Trinajstić information content (AvgIpc) is 3.03. The van der Waals surface area contributed by atoms with Gasteiger partial charge < -0.3 is 19.5 Å². The van der Waals surface area contributed by atoms with Crippen molar-refractivity contribution in [1.29, 1.82) is 0 Å². The summed E-state index contributed by atoms with van der Waals surface area (Å²) in [4.78, 5) is 23.9. The Bertz CT molecular complexity index is 757. The third-order valence-electron chi connectivity index (χ3n) is 3.28. The molecule has 0 aliphatic carbocycles. The smallest absolute Gasteiger partial charge is 0.327 e. The Kier molecular flexibility index (Phi) is 7.02. The first-order chi connectivity index (χ1) is 12.6. The molecule has 0 spiro atoms. The number of nitrogens with one attached hydrogen (secondary N) is 1. The zero-order chi connectivity index (χ0) is 18.9. The van der Waals surface area contributed by atoms with Crippen LogP contribution in [0.4, 0.5) is 5.82 Å². The molecule has 1 aromatic heterocycles. The molecule has 0 aliphatic heterocycles. The second kappa shape index (κ2) is 9.45. The van der Waals surface area contributed by atoms with Crippen LogP contribution in [0.3, 0.4) is 0 Å². The molecule has 2 rings (SSSR count). The van der Waals surface area contributed by atoms with Gasteiger partial charge in [-0.3, -0.25) is 14.3 Å². The third-order valence-corrected chi connectivity index (χ3v) is 3.28. The van der Waals surface area contributed by atoms with Crippen LogP contribution in [0.2, 0.25) is 0 Å². The minimum Gasteiger partial charge on any atom is -0.490 e. The van der Waals surface area contributed by atoms with Crippen LogP contribution in [0.5, 0.6) is 11.5 Å². The SMILES string of the molecule is CCOC(=O)Cn1ccc(NC(=O)c2ccc(OCC)c(OCC)c2)n1. The summed E-state index contributed by atoms with van der Waals surface area (Å²) in [7, 11) is 0. The van der Waals surface area contributed by atoms with Crippen molar-refractivity contribution in [3.05, 3.63) is 36.0 Å². The molecule has 8 nitrogen and oxygen atoms in total. The number of esters is 1. The Morgan fingerprint density at radius 3 is 2.46 bits per heavy atom. The molecule has 1 N–H and O–H groups in total. The second-order valence-corrected chi connectivity index (χ2v) is 5.19. The van der Waals surface area contributed by atoms with E-state index >= 15 is 0 Å². The number of benzene rings is 1.